The lowest BCUT2D eigenvalue weighted by molar-refractivity contribution is -0.115. The second-order valence-corrected chi connectivity index (χ2v) is 6.21. The Bertz CT molecular complexity index is 704. The van der Waals surface area contributed by atoms with Crippen molar-refractivity contribution >= 4 is 29.3 Å². The summed E-state index contributed by atoms with van der Waals surface area (Å²) in [6.45, 7) is 2.40. The predicted octanol–water partition coefficient (Wildman–Crippen LogP) is 3.70. The third-order valence-corrected chi connectivity index (χ3v) is 4.17. The van der Waals surface area contributed by atoms with E-state index in [2.05, 4.69) is 10.6 Å². The molecular formula is C18H19FN2O2S. The van der Waals surface area contributed by atoms with Crippen LogP contribution in [0.1, 0.15) is 23.7 Å². The molecule has 0 heterocycles. The van der Waals surface area contributed by atoms with E-state index < -0.39 is 0 Å². The van der Waals surface area contributed by atoms with Crippen LogP contribution in [-0.2, 0) is 4.79 Å². The molecule has 2 amide bonds. The molecule has 0 bridgehead atoms. The summed E-state index contributed by atoms with van der Waals surface area (Å²) in [5.74, 6) is 0.0234. The maximum atomic E-state index is 12.8. The number of thioether (sulfide) groups is 1. The van der Waals surface area contributed by atoms with Gasteiger partial charge in [-0.3, -0.25) is 9.59 Å². The molecule has 0 atom stereocenters. The highest BCUT2D eigenvalue weighted by Gasteiger charge is 2.07. The van der Waals surface area contributed by atoms with E-state index in [0.29, 0.717) is 30.0 Å². The highest BCUT2D eigenvalue weighted by atomic mass is 32.2. The van der Waals surface area contributed by atoms with Crippen LogP contribution in [0, 0.1) is 5.82 Å². The van der Waals surface area contributed by atoms with Gasteiger partial charge in [-0.2, -0.15) is 0 Å². The van der Waals surface area contributed by atoms with Gasteiger partial charge in [-0.05, 0) is 49.4 Å². The average Bonchev–Trinajstić information content (AvgIpc) is 2.57. The Balaban J connectivity index is 1.82. The van der Waals surface area contributed by atoms with Crippen molar-refractivity contribution in [2.24, 2.45) is 0 Å². The first-order valence-corrected chi connectivity index (χ1v) is 8.63. The Labute approximate surface area is 144 Å². The standard InChI is InChI=1S/C18H19FN2O2S/c1-2-20-18(23)13-4-3-5-15(12-13)21-17(22)10-11-24-16-8-6-14(19)7-9-16/h3-9,12H,2,10-11H2,1H3,(H,20,23)(H,21,22). The molecule has 0 saturated heterocycles. The van der Waals surface area contributed by atoms with Gasteiger partial charge in [-0.25, -0.2) is 4.39 Å². The molecule has 0 aliphatic heterocycles. The number of benzene rings is 2. The van der Waals surface area contributed by atoms with E-state index in [1.54, 1.807) is 36.4 Å². The van der Waals surface area contributed by atoms with Crippen LogP contribution in [0.4, 0.5) is 10.1 Å². The van der Waals surface area contributed by atoms with Gasteiger partial charge in [0.05, 0.1) is 0 Å². The van der Waals surface area contributed by atoms with Gasteiger partial charge >= 0.3 is 0 Å². The Hall–Kier alpha value is -2.34. The molecule has 0 aliphatic carbocycles. The summed E-state index contributed by atoms with van der Waals surface area (Å²) in [6, 6.07) is 13.0. The first-order chi connectivity index (χ1) is 11.6. The minimum absolute atomic E-state index is 0.127. The van der Waals surface area contributed by atoms with Gasteiger partial charge in [-0.1, -0.05) is 6.07 Å². The quantitative estimate of drug-likeness (QED) is 0.752. The Morgan fingerprint density at radius 2 is 1.88 bits per heavy atom. The highest BCUT2D eigenvalue weighted by Crippen LogP contribution is 2.19. The number of carbonyl (C=O) groups is 2. The van der Waals surface area contributed by atoms with Crippen molar-refractivity contribution in [1.29, 1.82) is 0 Å². The second-order valence-electron chi connectivity index (χ2n) is 5.04. The smallest absolute Gasteiger partial charge is 0.251 e. The lowest BCUT2D eigenvalue weighted by Crippen LogP contribution is -2.22. The van der Waals surface area contributed by atoms with Gasteiger partial charge in [0.25, 0.3) is 5.91 Å². The van der Waals surface area contributed by atoms with Crippen LogP contribution >= 0.6 is 11.8 Å². The van der Waals surface area contributed by atoms with Crippen molar-refractivity contribution in [2.45, 2.75) is 18.2 Å². The van der Waals surface area contributed by atoms with Crippen molar-refractivity contribution in [3.05, 3.63) is 59.9 Å². The molecule has 4 nitrogen and oxygen atoms in total. The molecule has 2 aromatic carbocycles. The van der Waals surface area contributed by atoms with Gasteiger partial charge in [0.15, 0.2) is 0 Å². The molecule has 0 aliphatic rings. The van der Waals surface area contributed by atoms with E-state index in [0.717, 1.165) is 4.90 Å². The maximum Gasteiger partial charge on any atom is 0.251 e. The zero-order valence-corrected chi connectivity index (χ0v) is 14.2. The van der Waals surface area contributed by atoms with E-state index in [1.807, 2.05) is 6.92 Å². The monoisotopic (exact) mass is 346 g/mol. The van der Waals surface area contributed by atoms with E-state index in [-0.39, 0.29) is 17.6 Å². The number of carbonyl (C=O) groups excluding carboxylic acids is 2. The topological polar surface area (TPSA) is 58.2 Å². The van der Waals surface area contributed by atoms with Crippen LogP contribution in [0.2, 0.25) is 0 Å². The van der Waals surface area contributed by atoms with Gasteiger partial charge < -0.3 is 10.6 Å². The molecule has 24 heavy (non-hydrogen) atoms. The molecule has 6 heteroatoms. The molecule has 0 saturated carbocycles. The first-order valence-electron chi connectivity index (χ1n) is 7.65. The summed E-state index contributed by atoms with van der Waals surface area (Å²) in [7, 11) is 0. The molecule has 0 unspecified atom stereocenters. The van der Waals surface area contributed by atoms with E-state index >= 15 is 0 Å². The predicted molar refractivity (Wildman–Crippen MR) is 94.8 cm³/mol. The van der Waals surface area contributed by atoms with E-state index in [1.165, 1.54) is 23.9 Å². The zero-order chi connectivity index (χ0) is 17.4. The summed E-state index contributed by atoms with van der Waals surface area (Å²) in [4.78, 5) is 24.7. The third-order valence-electron chi connectivity index (χ3n) is 3.16. The van der Waals surface area contributed by atoms with Crippen LogP contribution in [0.25, 0.3) is 0 Å². The van der Waals surface area contributed by atoms with Gasteiger partial charge in [0, 0.05) is 34.9 Å². The van der Waals surface area contributed by atoms with E-state index in [9.17, 15) is 14.0 Å². The van der Waals surface area contributed by atoms with Crippen LogP contribution < -0.4 is 10.6 Å². The van der Waals surface area contributed by atoms with Crippen LogP contribution in [-0.4, -0.2) is 24.1 Å². The van der Waals surface area contributed by atoms with Gasteiger partial charge in [0.1, 0.15) is 5.82 Å². The Morgan fingerprint density at radius 1 is 1.12 bits per heavy atom. The van der Waals surface area contributed by atoms with Crippen LogP contribution in [0.15, 0.2) is 53.4 Å². The summed E-state index contributed by atoms with van der Waals surface area (Å²) in [6.07, 6.45) is 0.327. The fraction of sp³-hybridized carbons (Fsp3) is 0.222. The molecule has 0 radical (unpaired) electrons. The van der Waals surface area contributed by atoms with E-state index in [4.69, 9.17) is 0 Å². The highest BCUT2D eigenvalue weighted by molar-refractivity contribution is 7.99. The maximum absolute atomic E-state index is 12.8. The lowest BCUT2D eigenvalue weighted by atomic mass is 10.2. The molecule has 0 spiro atoms. The summed E-state index contributed by atoms with van der Waals surface area (Å²) >= 11 is 1.49. The number of rotatable bonds is 7. The Morgan fingerprint density at radius 3 is 2.58 bits per heavy atom. The van der Waals surface area contributed by atoms with Crippen molar-refractivity contribution in [1.82, 2.24) is 5.32 Å². The van der Waals surface area contributed by atoms with Crippen LogP contribution in [0.3, 0.4) is 0 Å². The molecule has 2 N–H and O–H groups in total. The second kappa shape index (κ2) is 9.08. The lowest BCUT2D eigenvalue weighted by Gasteiger charge is -2.07. The molecule has 2 aromatic rings. The summed E-state index contributed by atoms with van der Waals surface area (Å²) in [5, 5.41) is 5.50. The average molecular weight is 346 g/mol. The summed E-state index contributed by atoms with van der Waals surface area (Å²) in [5.41, 5.74) is 1.10. The number of amides is 2. The van der Waals surface area contributed by atoms with Crippen molar-refractivity contribution in [2.75, 3.05) is 17.6 Å². The van der Waals surface area contributed by atoms with Crippen molar-refractivity contribution in [3.8, 4) is 0 Å². The number of halogens is 1. The fourth-order valence-electron chi connectivity index (χ4n) is 2.02. The number of hydrogen-bond donors (Lipinski definition) is 2. The molecule has 0 fully saturated rings. The SMILES string of the molecule is CCNC(=O)c1cccc(NC(=O)CCSc2ccc(F)cc2)c1. The normalized spacial score (nSPS) is 10.2. The molecule has 0 aromatic heterocycles. The minimum atomic E-state index is -0.274. The number of anilines is 1. The summed E-state index contributed by atoms with van der Waals surface area (Å²) < 4.78 is 12.8. The van der Waals surface area contributed by atoms with Gasteiger partial charge in [0.2, 0.25) is 5.91 Å². The Kier molecular flexibility index (Phi) is 6.81. The minimum Gasteiger partial charge on any atom is -0.352 e. The third kappa shape index (κ3) is 5.70. The molecule has 126 valence electrons. The first kappa shape index (κ1) is 18.0. The van der Waals surface area contributed by atoms with Crippen LogP contribution in [0.5, 0.6) is 0 Å². The number of nitrogens with one attached hydrogen (secondary N) is 2. The number of hydrogen-bond acceptors (Lipinski definition) is 3. The molecular weight excluding hydrogens is 327 g/mol. The van der Waals surface area contributed by atoms with Crippen molar-refractivity contribution < 1.29 is 14.0 Å². The fourth-order valence-corrected chi connectivity index (χ4v) is 2.87. The zero-order valence-electron chi connectivity index (χ0n) is 13.3. The molecule has 2 rings (SSSR count). The largest absolute Gasteiger partial charge is 0.352 e. The van der Waals surface area contributed by atoms with Crippen molar-refractivity contribution in [3.63, 3.8) is 0 Å². The van der Waals surface area contributed by atoms with Gasteiger partial charge in [-0.15, -0.1) is 11.8 Å².